The highest BCUT2D eigenvalue weighted by Crippen LogP contribution is 2.35. The molecule has 5 heteroatoms. The van der Waals surface area contributed by atoms with Gasteiger partial charge < -0.3 is 4.90 Å². The highest BCUT2D eigenvalue weighted by atomic mass is 19.1. The normalized spacial score (nSPS) is 16.2. The van der Waals surface area contributed by atoms with Gasteiger partial charge in [-0.15, -0.1) is 0 Å². The van der Waals surface area contributed by atoms with E-state index in [0.29, 0.717) is 12.2 Å². The fourth-order valence-corrected chi connectivity index (χ4v) is 3.89. The van der Waals surface area contributed by atoms with Crippen LogP contribution in [-0.4, -0.2) is 16.5 Å². The minimum absolute atomic E-state index is 0.0334. The zero-order chi connectivity index (χ0) is 19.8. The standard InChI is InChI=1S/C23H23F2N3/c1-14-15(2)26-22(12-17-4-7-19(24)8-5-17)27-23(14)28-11-10-18-6-9-20(25)13-21(18)16(28)3/h4-9,13,16H,10-12H2,1-3H3. The van der Waals surface area contributed by atoms with Crippen LogP contribution in [0.2, 0.25) is 0 Å². The molecule has 0 radical (unpaired) electrons. The first kappa shape index (κ1) is 18.5. The van der Waals surface area contributed by atoms with E-state index in [9.17, 15) is 8.78 Å². The maximum atomic E-state index is 13.8. The van der Waals surface area contributed by atoms with Crippen molar-refractivity contribution in [2.45, 2.75) is 39.7 Å². The number of hydrogen-bond acceptors (Lipinski definition) is 3. The minimum Gasteiger partial charge on any atom is -0.349 e. The SMILES string of the molecule is Cc1nc(Cc2ccc(F)cc2)nc(N2CCc3ccc(F)cc3C2C)c1C. The summed E-state index contributed by atoms with van der Waals surface area (Å²) >= 11 is 0. The molecular formula is C23H23F2N3. The van der Waals surface area contributed by atoms with Gasteiger partial charge in [0.1, 0.15) is 23.3 Å². The predicted octanol–water partition coefficient (Wildman–Crippen LogP) is 5.09. The van der Waals surface area contributed by atoms with Crippen molar-refractivity contribution in [3.8, 4) is 0 Å². The summed E-state index contributed by atoms with van der Waals surface area (Å²) in [7, 11) is 0. The summed E-state index contributed by atoms with van der Waals surface area (Å²) in [6, 6.07) is 11.5. The van der Waals surface area contributed by atoms with E-state index in [1.165, 1.54) is 23.8 Å². The van der Waals surface area contributed by atoms with Gasteiger partial charge in [-0.1, -0.05) is 18.2 Å². The van der Waals surface area contributed by atoms with Gasteiger partial charge in [-0.3, -0.25) is 0 Å². The Kier molecular flexibility index (Phi) is 4.84. The number of benzene rings is 2. The second-order valence-electron chi connectivity index (χ2n) is 7.44. The Morgan fingerprint density at radius 2 is 1.71 bits per heavy atom. The van der Waals surface area contributed by atoms with Gasteiger partial charge in [-0.05, 0) is 68.1 Å². The molecule has 144 valence electrons. The van der Waals surface area contributed by atoms with Crippen LogP contribution in [0, 0.1) is 25.5 Å². The molecule has 0 amide bonds. The Morgan fingerprint density at radius 3 is 2.46 bits per heavy atom. The second kappa shape index (κ2) is 7.30. The van der Waals surface area contributed by atoms with Crippen molar-refractivity contribution in [1.29, 1.82) is 0 Å². The largest absolute Gasteiger partial charge is 0.349 e. The molecule has 0 saturated carbocycles. The Bertz CT molecular complexity index is 1020. The fourth-order valence-electron chi connectivity index (χ4n) is 3.89. The molecule has 28 heavy (non-hydrogen) atoms. The number of aromatic nitrogens is 2. The van der Waals surface area contributed by atoms with E-state index in [4.69, 9.17) is 4.98 Å². The molecular weight excluding hydrogens is 356 g/mol. The van der Waals surface area contributed by atoms with Gasteiger partial charge in [0.2, 0.25) is 0 Å². The molecule has 0 saturated heterocycles. The molecule has 1 aliphatic heterocycles. The van der Waals surface area contributed by atoms with Crippen LogP contribution in [0.5, 0.6) is 0 Å². The maximum Gasteiger partial charge on any atom is 0.136 e. The molecule has 1 atom stereocenters. The average Bonchev–Trinajstić information content (AvgIpc) is 2.67. The van der Waals surface area contributed by atoms with Gasteiger partial charge in [0.25, 0.3) is 0 Å². The first-order chi connectivity index (χ1) is 13.4. The Labute approximate surface area is 164 Å². The van der Waals surface area contributed by atoms with E-state index in [1.807, 2.05) is 19.9 Å². The lowest BCUT2D eigenvalue weighted by Crippen LogP contribution is -2.35. The Hall–Kier alpha value is -2.82. The van der Waals surface area contributed by atoms with Gasteiger partial charge in [-0.2, -0.15) is 0 Å². The summed E-state index contributed by atoms with van der Waals surface area (Å²) in [6.45, 7) is 6.93. The second-order valence-corrected chi connectivity index (χ2v) is 7.44. The molecule has 0 fully saturated rings. The number of anilines is 1. The van der Waals surface area contributed by atoms with Gasteiger partial charge >= 0.3 is 0 Å². The van der Waals surface area contributed by atoms with Crippen LogP contribution in [-0.2, 0) is 12.8 Å². The van der Waals surface area contributed by atoms with Crippen molar-refractivity contribution >= 4 is 5.82 Å². The zero-order valence-corrected chi connectivity index (χ0v) is 16.3. The molecule has 0 N–H and O–H groups in total. The third-order valence-corrected chi connectivity index (χ3v) is 5.60. The summed E-state index contributed by atoms with van der Waals surface area (Å²) in [4.78, 5) is 11.7. The Balaban J connectivity index is 1.69. The molecule has 2 heterocycles. The summed E-state index contributed by atoms with van der Waals surface area (Å²) in [5, 5.41) is 0. The van der Waals surface area contributed by atoms with Crippen LogP contribution < -0.4 is 4.90 Å². The summed E-state index contributed by atoms with van der Waals surface area (Å²) < 4.78 is 27.0. The van der Waals surface area contributed by atoms with Crippen molar-refractivity contribution < 1.29 is 8.78 Å². The van der Waals surface area contributed by atoms with Crippen LogP contribution in [0.25, 0.3) is 0 Å². The third kappa shape index (κ3) is 3.49. The molecule has 0 aliphatic carbocycles. The van der Waals surface area contributed by atoms with Gasteiger partial charge in [-0.25, -0.2) is 18.7 Å². The number of nitrogens with zero attached hydrogens (tertiary/aromatic N) is 3. The number of hydrogen-bond donors (Lipinski definition) is 0. The van der Waals surface area contributed by atoms with Crippen molar-refractivity contribution in [3.63, 3.8) is 0 Å². The van der Waals surface area contributed by atoms with E-state index in [1.54, 1.807) is 18.2 Å². The third-order valence-electron chi connectivity index (χ3n) is 5.60. The lowest BCUT2D eigenvalue weighted by Gasteiger charge is -2.37. The van der Waals surface area contributed by atoms with Crippen LogP contribution >= 0.6 is 0 Å². The van der Waals surface area contributed by atoms with Gasteiger partial charge in [0.05, 0.1) is 6.04 Å². The van der Waals surface area contributed by atoms with Crippen molar-refractivity contribution in [2.24, 2.45) is 0 Å². The maximum absolute atomic E-state index is 13.8. The number of aryl methyl sites for hydroxylation is 1. The minimum atomic E-state index is -0.251. The molecule has 3 aromatic rings. The topological polar surface area (TPSA) is 29.0 Å². The van der Waals surface area contributed by atoms with Gasteiger partial charge in [0.15, 0.2) is 0 Å². The first-order valence-corrected chi connectivity index (χ1v) is 9.56. The number of rotatable bonds is 3. The predicted molar refractivity (Wildman–Crippen MR) is 107 cm³/mol. The number of fused-ring (bicyclic) bond motifs is 1. The highest BCUT2D eigenvalue weighted by Gasteiger charge is 2.27. The van der Waals surface area contributed by atoms with Crippen LogP contribution in [0.1, 0.15) is 46.7 Å². The smallest absolute Gasteiger partial charge is 0.136 e. The molecule has 0 bridgehead atoms. The Morgan fingerprint density at radius 1 is 1.00 bits per heavy atom. The van der Waals surface area contributed by atoms with Crippen molar-refractivity contribution in [2.75, 3.05) is 11.4 Å². The molecule has 2 aromatic carbocycles. The summed E-state index contributed by atoms with van der Waals surface area (Å²) in [5.41, 5.74) is 5.14. The van der Waals surface area contributed by atoms with Crippen molar-refractivity contribution in [1.82, 2.24) is 9.97 Å². The average molecular weight is 379 g/mol. The molecule has 4 rings (SSSR count). The quantitative estimate of drug-likeness (QED) is 0.635. The highest BCUT2D eigenvalue weighted by molar-refractivity contribution is 5.53. The lowest BCUT2D eigenvalue weighted by molar-refractivity contribution is 0.587. The molecule has 1 unspecified atom stereocenters. The zero-order valence-electron chi connectivity index (χ0n) is 16.3. The summed E-state index contributed by atoms with van der Waals surface area (Å²) in [5.74, 6) is 1.15. The van der Waals surface area contributed by atoms with E-state index in [0.717, 1.165) is 41.2 Å². The van der Waals surface area contributed by atoms with Crippen LogP contribution in [0.4, 0.5) is 14.6 Å². The monoisotopic (exact) mass is 379 g/mol. The van der Waals surface area contributed by atoms with E-state index >= 15 is 0 Å². The molecule has 3 nitrogen and oxygen atoms in total. The first-order valence-electron chi connectivity index (χ1n) is 9.56. The van der Waals surface area contributed by atoms with E-state index in [2.05, 4.69) is 16.8 Å². The van der Waals surface area contributed by atoms with E-state index in [-0.39, 0.29) is 17.7 Å². The lowest BCUT2D eigenvalue weighted by atomic mass is 9.93. The van der Waals surface area contributed by atoms with Gasteiger partial charge in [0, 0.05) is 24.2 Å². The van der Waals surface area contributed by atoms with E-state index < -0.39 is 0 Å². The van der Waals surface area contributed by atoms with Crippen LogP contribution in [0.3, 0.4) is 0 Å². The summed E-state index contributed by atoms with van der Waals surface area (Å²) in [6.07, 6.45) is 1.40. The number of halogens is 2. The molecule has 1 aliphatic rings. The van der Waals surface area contributed by atoms with Crippen LogP contribution in [0.15, 0.2) is 42.5 Å². The fraction of sp³-hybridized carbons (Fsp3) is 0.304. The molecule has 1 aromatic heterocycles. The molecule has 0 spiro atoms. The van der Waals surface area contributed by atoms with Crippen molar-refractivity contribution in [3.05, 3.63) is 87.9 Å².